The third kappa shape index (κ3) is 5.57. The van der Waals surface area contributed by atoms with Crippen molar-refractivity contribution in [1.29, 1.82) is 0 Å². The van der Waals surface area contributed by atoms with Gasteiger partial charge in [-0.05, 0) is 71.0 Å². The summed E-state index contributed by atoms with van der Waals surface area (Å²) in [6.07, 6.45) is -0.520. The van der Waals surface area contributed by atoms with Crippen molar-refractivity contribution >= 4 is 16.5 Å². The monoisotopic (exact) mass is 509 g/mol. The van der Waals surface area contributed by atoms with Crippen LogP contribution in [-0.4, -0.2) is 18.8 Å². The highest BCUT2D eigenvalue weighted by Crippen LogP contribution is 2.44. The van der Waals surface area contributed by atoms with Crippen molar-refractivity contribution in [2.24, 2.45) is 0 Å². The molecule has 1 aliphatic rings. The van der Waals surface area contributed by atoms with Gasteiger partial charge < -0.3 is 19.5 Å². The average molecular weight is 510 g/mol. The summed E-state index contributed by atoms with van der Waals surface area (Å²) in [6.45, 7) is 12.1. The van der Waals surface area contributed by atoms with Gasteiger partial charge in [-0.2, -0.15) is 0 Å². The van der Waals surface area contributed by atoms with Crippen LogP contribution in [0, 0.1) is 0 Å². The number of benzene rings is 4. The molecule has 1 aliphatic heterocycles. The van der Waals surface area contributed by atoms with Crippen molar-refractivity contribution in [3.05, 3.63) is 107 Å². The lowest BCUT2D eigenvalue weighted by Gasteiger charge is -2.44. The van der Waals surface area contributed by atoms with Crippen LogP contribution in [0.4, 0.5) is 5.69 Å². The zero-order valence-corrected chi connectivity index (χ0v) is 23.4. The van der Waals surface area contributed by atoms with Crippen molar-refractivity contribution < 1.29 is 14.2 Å². The van der Waals surface area contributed by atoms with Crippen LogP contribution in [0.1, 0.15) is 63.0 Å². The summed E-state index contributed by atoms with van der Waals surface area (Å²) in [5.74, 6) is 0.840. The smallest absolute Gasteiger partial charge is 0.132 e. The molecule has 0 radical (unpaired) electrons. The van der Waals surface area contributed by atoms with E-state index in [2.05, 4.69) is 119 Å². The van der Waals surface area contributed by atoms with E-state index < -0.39 is 5.60 Å². The maximum Gasteiger partial charge on any atom is 0.132 e. The first kappa shape index (κ1) is 26.3. The molecule has 5 rings (SSSR count). The molecule has 0 fully saturated rings. The molecule has 0 saturated heterocycles. The normalized spacial score (nSPS) is 18.6. The van der Waals surface area contributed by atoms with Gasteiger partial charge in [0.25, 0.3) is 0 Å². The first-order valence-corrected chi connectivity index (χ1v) is 13.4. The molecule has 4 nitrogen and oxygen atoms in total. The van der Waals surface area contributed by atoms with Crippen LogP contribution in [0.3, 0.4) is 0 Å². The van der Waals surface area contributed by atoms with E-state index in [1.807, 2.05) is 6.07 Å². The first-order chi connectivity index (χ1) is 18.1. The topological polar surface area (TPSA) is 39.7 Å². The minimum Gasteiger partial charge on any atom is -0.485 e. The van der Waals surface area contributed by atoms with Gasteiger partial charge in [0.1, 0.15) is 23.6 Å². The zero-order valence-electron chi connectivity index (χ0n) is 23.4. The van der Waals surface area contributed by atoms with Crippen LogP contribution < -0.4 is 10.1 Å². The van der Waals surface area contributed by atoms with E-state index in [1.54, 1.807) is 7.11 Å². The molecule has 38 heavy (non-hydrogen) atoms. The van der Waals surface area contributed by atoms with Crippen molar-refractivity contribution in [2.45, 2.75) is 71.0 Å². The molecule has 0 aromatic heterocycles. The van der Waals surface area contributed by atoms with Crippen molar-refractivity contribution in [3.8, 4) is 5.75 Å². The summed E-state index contributed by atoms with van der Waals surface area (Å²) in [5, 5.41) is 6.01. The Kier molecular flexibility index (Phi) is 7.21. The Labute approximate surface area is 226 Å². The molecule has 0 saturated carbocycles. The van der Waals surface area contributed by atoms with E-state index in [-0.39, 0.29) is 17.6 Å². The van der Waals surface area contributed by atoms with Crippen LogP contribution in [0.2, 0.25) is 0 Å². The number of nitrogens with one attached hydrogen (secondary N) is 1. The lowest BCUT2D eigenvalue weighted by atomic mass is 9.87. The van der Waals surface area contributed by atoms with Gasteiger partial charge in [-0.25, -0.2) is 0 Å². The largest absolute Gasteiger partial charge is 0.485 e. The van der Waals surface area contributed by atoms with Crippen molar-refractivity contribution in [3.63, 3.8) is 0 Å². The second kappa shape index (κ2) is 10.4. The Hall–Kier alpha value is -3.34. The number of ether oxygens (including phenoxy) is 3. The SMILES string of the molecule is COC1c2cc(NCc3ccc(C(C)(C)C)cc3)ccc2OC(C)(C)C1OCc1ccc2ccccc2c1. The summed E-state index contributed by atoms with van der Waals surface area (Å²) < 4.78 is 19.0. The second-order valence-electron chi connectivity index (χ2n) is 11.8. The summed E-state index contributed by atoms with van der Waals surface area (Å²) in [5.41, 5.74) is 5.35. The minimum atomic E-state index is -0.547. The molecule has 0 spiro atoms. The fraction of sp³-hybridized carbons (Fsp3) is 0.353. The maximum absolute atomic E-state index is 6.53. The van der Waals surface area contributed by atoms with Crippen molar-refractivity contribution in [1.82, 2.24) is 0 Å². The van der Waals surface area contributed by atoms with Crippen LogP contribution >= 0.6 is 0 Å². The number of rotatable bonds is 7. The van der Waals surface area contributed by atoms with Gasteiger partial charge in [0.05, 0.1) is 6.61 Å². The predicted octanol–water partition coefficient (Wildman–Crippen LogP) is 8.19. The molecule has 198 valence electrons. The van der Waals surface area contributed by atoms with Crippen LogP contribution in [-0.2, 0) is 28.0 Å². The Morgan fingerprint density at radius 2 is 1.55 bits per heavy atom. The van der Waals surface area contributed by atoms with E-state index in [9.17, 15) is 0 Å². The fourth-order valence-corrected chi connectivity index (χ4v) is 5.22. The Morgan fingerprint density at radius 3 is 2.26 bits per heavy atom. The molecule has 4 heteroatoms. The highest BCUT2D eigenvalue weighted by molar-refractivity contribution is 5.82. The second-order valence-corrected chi connectivity index (χ2v) is 11.8. The molecule has 4 aromatic rings. The maximum atomic E-state index is 6.53. The average Bonchev–Trinajstić information content (AvgIpc) is 2.89. The zero-order chi connectivity index (χ0) is 26.9. The van der Waals surface area contributed by atoms with Crippen LogP contribution in [0.5, 0.6) is 5.75 Å². The van der Waals surface area contributed by atoms with E-state index in [0.717, 1.165) is 29.1 Å². The van der Waals surface area contributed by atoms with Gasteiger partial charge in [-0.15, -0.1) is 0 Å². The molecular weight excluding hydrogens is 470 g/mol. The summed E-state index contributed by atoms with van der Waals surface area (Å²) in [4.78, 5) is 0. The standard InChI is InChI=1S/C34H39NO3/c1-33(2,3)27-15-12-23(13-16-27)21-35-28-17-18-30-29(20-28)31(36-6)32(34(4,5)38-30)37-22-24-11-14-25-9-7-8-10-26(25)19-24/h7-20,31-32,35H,21-22H2,1-6H3. The van der Waals surface area contributed by atoms with Gasteiger partial charge in [0.15, 0.2) is 0 Å². The summed E-state index contributed by atoms with van der Waals surface area (Å²) >= 11 is 0. The fourth-order valence-electron chi connectivity index (χ4n) is 5.22. The van der Waals surface area contributed by atoms with E-state index in [1.165, 1.54) is 21.9 Å². The van der Waals surface area contributed by atoms with Gasteiger partial charge >= 0.3 is 0 Å². The lowest BCUT2D eigenvalue weighted by molar-refractivity contribution is -0.159. The van der Waals surface area contributed by atoms with E-state index in [0.29, 0.717) is 6.61 Å². The molecule has 1 N–H and O–H groups in total. The van der Waals surface area contributed by atoms with Gasteiger partial charge in [0.2, 0.25) is 0 Å². The molecular formula is C34H39NO3. The number of hydrogen-bond acceptors (Lipinski definition) is 4. The molecule has 0 aliphatic carbocycles. The van der Waals surface area contributed by atoms with Crippen molar-refractivity contribution in [2.75, 3.05) is 12.4 Å². The Morgan fingerprint density at radius 1 is 0.842 bits per heavy atom. The molecule has 2 unspecified atom stereocenters. The summed E-state index contributed by atoms with van der Waals surface area (Å²) in [7, 11) is 1.75. The van der Waals surface area contributed by atoms with E-state index in [4.69, 9.17) is 14.2 Å². The third-order valence-corrected chi connectivity index (χ3v) is 7.46. The molecule has 0 amide bonds. The predicted molar refractivity (Wildman–Crippen MR) is 156 cm³/mol. The molecule has 0 bridgehead atoms. The third-order valence-electron chi connectivity index (χ3n) is 7.46. The Balaban J connectivity index is 1.32. The lowest BCUT2D eigenvalue weighted by Crippen LogP contribution is -2.50. The highest BCUT2D eigenvalue weighted by atomic mass is 16.6. The highest BCUT2D eigenvalue weighted by Gasteiger charge is 2.45. The van der Waals surface area contributed by atoms with Gasteiger partial charge in [0, 0.05) is 24.9 Å². The molecule has 1 heterocycles. The quantitative estimate of drug-likeness (QED) is 0.273. The molecule has 2 atom stereocenters. The number of methoxy groups -OCH3 is 1. The van der Waals surface area contributed by atoms with Gasteiger partial charge in [-0.3, -0.25) is 0 Å². The summed E-state index contributed by atoms with van der Waals surface area (Å²) in [6, 6.07) is 29.9. The number of hydrogen-bond donors (Lipinski definition) is 1. The van der Waals surface area contributed by atoms with Crippen LogP contribution in [0.15, 0.2) is 84.9 Å². The van der Waals surface area contributed by atoms with Gasteiger partial charge in [-0.1, -0.05) is 81.4 Å². The van der Waals surface area contributed by atoms with Crippen LogP contribution in [0.25, 0.3) is 10.8 Å². The number of anilines is 1. The molecule has 4 aromatic carbocycles. The Bertz CT molecular complexity index is 1400. The minimum absolute atomic E-state index is 0.153. The number of fused-ring (bicyclic) bond motifs is 2. The van der Waals surface area contributed by atoms with E-state index >= 15 is 0 Å². The first-order valence-electron chi connectivity index (χ1n) is 13.4.